The molecule has 2 aromatic carbocycles. The van der Waals surface area contributed by atoms with Crippen LogP contribution in [0.25, 0.3) is 0 Å². The Morgan fingerprint density at radius 3 is 2.41 bits per heavy atom. The quantitative estimate of drug-likeness (QED) is 0.222. The third-order valence-electron chi connectivity index (χ3n) is 10.1. The van der Waals surface area contributed by atoms with Crippen molar-refractivity contribution in [3.8, 4) is 0 Å². The Morgan fingerprint density at radius 1 is 0.957 bits per heavy atom. The van der Waals surface area contributed by atoms with Gasteiger partial charge in [-0.3, -0.25) is 9.59 Å². The first-order valence-electron chi connectivity index (χ1n) is 16.7. The predicted molar refractivity (Wildman–Crippen MR) is 176 cm³/mol. The van der Waals surface area contributed by atoms with Crippen molar-refractivity contribution >= 4 is 35.5 Å². The number of carbonyl (C=O) groups is 4. The van der Waals surface area contributed by atoms with Gasteiger partial charge in [-0.2, -0.15) is 0 Å². The lowest BCUT2D eigenvalue weighted by Gasteiger charge is -2.35. The molecule has 3 unspecified atom stereocenters. The molecule has 3 amide bonds. The summed E-state index contributed by atoms with van der Waals surface area (Å²) in [6, 6.07) is 11.5. The summed E-state index contributed by atoms with van der Waals surface area (Å²) in [5.74, 6) is -2.29. The topological polar surface area (TPSA) is 134 Å². The molecular weight excluding hydrogens is 606 g/mol. The van der Waals surface area contributed by atoms with Crippen LogP contribution in [0.3, 0.4) is 0 Å². The van der Waals surface area contributed by atoms with Crippen LogP contribution >= 0.6 is 11.6 Å². The summed E-state index contributed by atoms with van der Waals surface area (Å²) in [4.78, 5) is 51.8. The number of carboxylic acids is 1. The molecule has 1 saturated carbocycles. The normalized spacial score (nSPS) is 20.2. The van der Waals surface area contributed by atoms with E-state index < -0.39 is 47.5 Å². The standard InChI is InChI=1S/C36H46ClN3O6/c1-36(2,27-12-7-13-28(37)21-27)31(25-15-14-23-10-6-11-24(23)19-25)46-35(45)40-29(18-22-8-4-3-5-9-22)33(42)39-30(34(43)44)20-26-16-17-38-32(26)41/h7,12-15,19,21-22,26,29-31H,3-6,8-11,16-18,20H2,1-2H3,(H,38,41)(H,39,42)(H,40,45)(H,43,44)/t26-,29?,30?,31?/m0/s1. The van der Waals surface area contributed by atoms with Gasteiger partial charge in [0.2, 0.25) is 11.8 Å². The molecule has 0 bridgehead atoms. The number of amides is 3. The van der Waals surface area contributed by atoms with Crippen LogP contribution < -0.4 is 16.0 Å². The Hall–Kier alpha value is -3.59. The molecule has 248 valence electrons. The molecular formula is C36H46ClN3O6. The minimum Gasteiger partial charge on any atom is -0.480 e. The maximum Gasteiger partial charge on any atom is 0.408 e. The van der Waals surface area contributed by atoms with Gasteiger partial charge in [0.15, 0.2) is 0 Å². The van der Waals surface area contributed by atoms with Crippen molar-refractivity contribution in [2.24, 2.45) is 11.8 Å². The van der Waals surface area contributed by atoms with Gasteiger partial charge in [-0.15, -0.1) is 0 Å². The van der Waals surface area contributed by atoms with Gasteiger partial charge in [0.05, 0.1) is 0 Å². The summed E-state index contributed by atoms with van der Waals surface area (Å²) in [6.45, 7) is 4.50. The van der Waals surface area contributed by atoms with Crippen molar-refractivity contribution in [1.82, 2.24) is 16.0 Å². The number of alkyl carbamates (subject to hydrolysis) is 1. The largest absolute Gasteiger partial charge is 0.480 e. The predicted octanol–water partition coefficient (Wildman–Crippen LogP) is 6.01. The summed E-state index contributed by atoms with van der Waals surface area (Å²) in [6.07, 6.45) is 7.60. The summed E-state index contributed by atoms with van der Waals surface area (Å²) < 4.78 is 6.26. The average molecular weight is 652 g/mol. The third kappa shape index (κ3) is 8.21. The lowest BCUT2D eigenvalue weighted by atomic mass is 9.76. The molecule has 46 heavy (non-hydrogen) atoms. The molecule has 3 aliphatic rings. The SMILES string of the molecule is CC(C)(c1cccc(Cl)c1)C(OC(=O)NC(CC1CCCCC1)C(=O)NC(C[C@@H]1CCNC1=O)C(=O)O)c1ccc2c(c1)CCC2. The van der Waals surface area contributed by atoms with E-state index in [0.717, 1.165) is 62.5 Å². The Morgan fingerprint density at radius 2 is 1.72 bits per heavy atom. The number of rotatable bonds is 12. The first kappa shape index (κ1) is 33.8. The second kappa shape index (κ2) is 14.9. The van der Waals surface area contributed by atoms with Crippen LogP contribution in [-0.2, 0) is 37.4 Å². The van der Waals surface area contributed by atoms with E-state index in [1.165, 1.54) is 11.1 Å². The van der Waals surface area contributed by atoms with E-state index >= 15 is 0 Å². The lowest BCUT2D eigenvalue weighted by molar-refractivity contribution is -0.143. The highest BCUT2D eigenvalue weighted by Crippen LogP contribution is 2.42. The first-order chi connectivity index (χ1) is 22.0. The molecule has 4 N–H and O–H groups in total. The highest BCUT2D eigenvalue weighted by molar-refractivity contribution is 6.30. The average Bonchev–Trinajstić information content (AvgIpc) is 3.67. The number of hydrogen-bond donors (Lipinski definition) is 4. The van der Waals surface area contributed by atoms with E-state index in [1.807, 2.05) is 38.1 Å². The van der Waals surface area contributed by atoms with E-state index in [2.05, 4.69) is 28.1 Å². The Balaban J connectivity index is 1.38. The van der Waals surface area contributed by atoms with E-state index in [0.29, 0.717) is 24.4 Å². The molecule has 0 spiro atoms. The minimum atomic E-state index is -1.26. The van der Waals surface area contributed by atoms with Gasteiger partial charge >= 0.3 is 12.1 Å². The number of halogens is 1. The number of carbonyl (C=O) groups excluding carboxylic acids is 3. The fourth-order valence-corrected chi connectivity index (χ4v) is 7.54. The van der Waals surface area contributed by atoms with Crippen molar-refractivity contribution in [2.45, 2.75) is 108 Å². The fraction of sp³-hybridized carbons (Fsp3) is 0.556. The van der Waals surface area contributed by atoms with Crippen LogP contribution in [0.15, 0.2) is 42.5 Å². The number of nitrogens with one attached hydrogen (secondary N) is 3. The van der Waals surface area contributed by atoms with Crippen molar-refractivity contribution in [3.63, 3.8) is 0 Å². The second-order valence-electron chi connectivity index (χ2n) is 13.7. The highest BCUT2D eigenvalue weighted by Gasteiger charge is 2.39. The van der Waals surface area contributed by atoms with Crippen molar-refractivity contribution in [1.29, 1.82) is 0 Å². The Bertz CT molecular complexity index is 1440. The molecule has 2 fully saturated rings. The molecule has 2 aromatic rings. The highest BCUT2D eigenvalue weighted by atomic mass is 35.5. The smallest absolute Gasteiger partial charge is 0.408 e. The molecule has 4 atom stereocenters. The number of benzene rings is 2. The number of carboxylic acid groups (broad SMARTS) is 1. The molecule has 1 heterocycles. The summed E-state index contributed by atoms with van der Waals surface area (Å²) in [7, 11) is 0. The molecule has 2 aliphatic carbocycles. The van der Waals surface area contributed by atoms with E-state index in [1.54, 1.807) is 6.07 Å². The monoisotopic (exact) mass is 651 g/mol. The number of aryl methyl sites for hydroxylation is 2. The second-order valence-corrected chi connectivity index (χ2v) is 14.2. The number of ether oxygens (including phenoxy) is 1. The third-order valence-corrected chi connectivity index (χ3v) is 10.3. The molecule has 1 aliphatic heterocycles. The molecule has 1 saturated heterocycles. The van der Waals surface area contributed by atoms with Gasteiger partial charge in [-0.05, 0) is 78.8 Å². The van der Waals surface area contributed by atoms with Crippen molar-refractivity contribution in [2.75, 3.05) is 6.54 Å². The molecule has 5 rings (SSSR count). The summed E-state index contributed by atoms with van der Waals surface area (Å²) in [5.41, 5.74) is 3.62. The zero-order chi connectivity index (χ0) is 32.8. The van der Waals surface area contributed by atoms with Crippen molar-refractivity contribution < 1.29 is 29.0 Å². The summed E-state index contributed by atoms with van der Waals surface area (Å²) >= 11 is 6.38. The lowest BCUT2D eigenvalue weighted by Crippen LogP contribution is -2.53. The van der Waals surface area contributed by atoms with Crippen LogP contribution in [0.1, 0.15) is 100.0 Å². The van der Waals surface area contributed by atoms with E-state index in [4.69, 9.17) is 16.3 Å². The van der Waals surface area contributed by atoms with Gasteiger partial charge < -0.3 is 25.8 Å². The van der Waals surface area contributed by atoms with E-state index in [-0.39, 0.29) is 18.2 Å². The van der Waals surface area contributed by atoms with Crippen LogP contribution in [-0.4, -0.2) is 47.6 Å². The first-order valence-corrected chi connectivity index (χ1v) is 17.0. The van der Waals surface area contributed by atoms with Crippen molar-refractivity contribution in [3.05, 3.63) is 69.7 Å². The number of aliphatic carboxylic acids is 1. The summed E-state index contributed by atoms with van der Waals surface area (Å²) in [5, 5.41) is 18.7. The molecule has 10 heteroatoms. The van der Waals surface area contributed by atoms with Crippen LogP contribution in [0, 0.1) is 11.8 Å². The minimum absolute atomic E-state index is 0.0122. The molecule has 9 nitrogen and oxygen atoms in total. The van der Waals surface area contributed by atoms with E-state index in [9.17, 15) is 24.3 Å². The van der Waals surface area contributed by atoms with Gasteiger partial charge in [-0.1, -0.05) is 87.9 Å². The zero-order valence-corrected chi connectivity index (χ0v) is 27.5. The van der Waals surface area contributed by atoms with Gasteiger partial charge in [0.25, 0.3) is 0 Å². The molecule has 0 aromatic heterocycles. The van der Waals surface area contributed by atoms with Gasteiger partial charge in [0.1, 0.15) is 18.2 Å². The Kier molecular flexibility index (Phi) is 10.9. The zero-order valence-electron chi connectivity index (χ0n) is 26.8. The maximum absolute atomic E-state index is 13.8. The van der Waals surface area contributed by atoms with Crippen LogP contribution in [0.4, 0.5) is 4.79 Å². The van der Waals surface area contributed by atoms with Gasteiger partial charge in [-0.25, -0.2) is 9.59 Å². The number of fused-ring (bicyclic) bond motifs is 1. The number of hydrogen-bond acceptors (Lipinski definition) is 5. The molecule has 0 radical (unpaired) electrons. The van der Waals surface area contributed by atoms with Crippen LogP contribution in [0.5, 0.6) is 0 Å². The van der Waals surface area contributed by atoms with Gasteiger partial charge in [0, 0.05) is 22.9 Å². The fourth-order valence-electron chi connectivity index (χ4n) is 7.35. The van der Waals surface area contributed by atoms with Crippen LogP contribution in [0.2, 0.25) is 5.02 Å². The maximum atomic E-state index is 13.8. The Labute approximate surface area is 276 Å².